The fourth-order valence-electron chi connectivity index (χ4n) is 3.08. The number of carboxylic acid groups (broad SMARTS) is 1. The number of nitrogens with zero attached hydrogens (tertiary/aromatic N) is 2. The first kappa shape index (κ1) is 30.3. The van der Waals surface area contributed by atoms with Crippen molar-refractivity contribution in [2.24, 2.45) is 28.1 Å². The first-order chi connectivity index (χ1) is 16.8. The molecule has 0 fully saturated rings. The lowest BCUT2D eigenvalue weighted by atomic mass is 10.0. The molecule has 1 aromatic heterocycles. The lowest BCUT2D eigenvalue weighted by Crippen LogP contribution is -2.59. The number of rotatable bonds is 15. The minimum Gasteiger partial charge on any atom is -0.480 e. The van der Waals surface area contributed by atoms with Crippen molar-refractivity contribution < 1.29 is 29.4 Å². The zero-order chi connectivity index (χ0) is 27.4. The van der Waals surface area contributed by atoms with Gasteiger partial charge in [0.25, 0.3) is 0 Å². The van der Waals surface area contributed by atoms with Crippen LogP contribution in [0, 0.1) is 5.92 Å². The minimum absolute atomic E-state index is 0.0240. The predicted molar refractivity (Wildman–Crippen MR) is 130 cm³/mol. The molecule has 202 valence electrons. The van der Waals surface area contributed by atoms with Crippen LogP contribution in [0.4, 0.5) is 0 Å². The highest BCUT2D eigenvalue weighted by Crippen LogP contribution is 2.06. The molecule has 0 aromatic carbocycles. The number of carbonyl (C=O) groups excluding carboxylic acids is 3. The van der Waals surface area contributed by atoms with Crippen molar-refractivity contribution in [3.8, 4) is 0 Å². The molecule has 0 bridgehead atoms. The van der Waals surface area contributed by atoms with Crippen LogP contribution in [-0.4, -0.2) is 86.6 Å². The zero-order valence-corrected chi connectivity index (χ0v) is 20.6. The van der Waals surface area contributed by atoms with Crippen LogP contribution < -0.4 is 33.2 Å². The number of nitrogens with one attached hydrogen (secondary N) is 4. The molecule has 3 amide bonds. The highest BCUT2D eigenvalue weighted by atomic mass is 16.4. The lowest BCUT2D eigenvalue weighted by molar-refractivity contribution is -0.145. The Morgan fingerprint density at radius 3 is 2.17 bits per heavy atom. The number of aromatic amines is 1. The average Bonchev–Trinajstić information content (AvgIpc) is 3.30. The second kappa shape index (κ2) is 14.6. The molecule has 0 saturated carbocycles. The fraction of sp³-hybridized carbons (Fsp3) is 0.619. The maximum absolute atomic E-state index is 13.2. The number of aromatic nitrogens is 2. The monoisotopic (exact) mass is 511 g/mol. The van der Waals surface area contributed by atoms with Crippen LogP contribution in [0.3, 0.4) is 0 Å². The number of hydrogen-bond donors (Lipinski definition) is 9. The molecule has 0 spiro atoms. The van der Waals surface area contributed by atoms with Crippen molar-refractivity contribution in [3.05, 3.63) is 18.2 Å². The molecule has 0 aliphatic carbocycles. The topological polar surface area (TPSA) is 264 Å². The van der Waals surface area contributed by atoms with Crippen LogP contribution in [0.5, 0.6) is 0 Å². The Kier molecular flexibility index (Phi) is 12.3. The second-order valence-electron chi connectivity index (χ2n) is 8.69. The van der Waals surface area contributed by atoms with Crippen molar-refractivity contribution in [1.82, 2.24) is 25.9 Å². The third kappa shape index (κ3) is 10.3. The first-order valence-corrected chi connectivity index (χ1v) is 11.4. The molecule has 0 saturated heterocycles. The third-order valence-electron chi connectivity index (χ3n) is 5.26. The summed E-state index contributed by atoms with van der Waals surface area (Å²) in [4.78, 5) is 60.6. The van der Waals surface area contributed by atoms with Crippen LogP contribution >= 0.6 is 0 Å². The van der Waals surface area contributed by atoms with Gasteiger partial charge in [-0.05, 0) is 25.7 Å². The Morgan fingerprint density at radius 2 is 1.67 bits per heavy atom. The summed E-state index contributed by atoms with van der Waals surface area (Å²) in [5.41, 5.74) is 17.1. The molecule has 0 radical (unpaired) electrons. The first-order valence-electron chi connectivity index (χ1n) is 11.4. The van der Waals surface area contributed by atoms with Gasteiger partial charge in [0, 0.05) is 24.9 Å². The quantitative estimate of drug-likeness (QED) is 0.0650. The maximum atomic E-state index is 13.2. The molecule has 15 heteroatoms. The van der Waals surface area contributed by atoms with Crippen LogP contribution in [0.25, 0.3) is 0 Å². The number of H-pyrrole nitrogens is 1. The van der Waals surface area contributed by atoms with Crippen molar-refractivity contribution in [2.75, 3.05) is 6.54 Å². The van der Waals surface area contributed by atoms with E-state index >= 15 is 0 Å². The van der Waals surface area contributed by atoms with Crippen LogP contribution in [0.2, 0.25) is 0 Å². The third-order valence-corrected chi connectivity index (χ3v) is 5.26. The molecular weight excluding hydrogens is 474 g/mol. The van der Waals surface area contributed by atoms with E-state index in [0.717, 1.165) is 0 Å². The van der Waals surface area contributed by atoms with Crippen LogP contribution in [0.15, 0.2) is 17.5 Å². The second-order valence-corrected chi connectivity index (χ2v) is 8.69. The number of aliphatic hydroxyl groups excluding tert-OH is 1. The number of hydrogen-bond acceptors (Lipinski definition) is 8. The Hall–Kier alpha value is -3.72. The highest BCUT2D eigenvalue weighted by molar-refractivity contribution is 5.94. The minimum atomic E-state index is -1.60. The molecule has 0 aliphatic rings. The molecule has 1 rings (SSSR count). The molecule has 36 heavy (non-hydrogen) atoms. The number of imidazole rings is 1. The van der Waals surface area contributed by atoms with E-state index in [4.69, 9.17) is 17.2 Å². The van der Waals surface area contributed by atoms with Gasteiger partial charge in [0.2, 0.25) is 17.7 Å². The smallest absolute Gasteiger partial charge is 0.328 e. The average molecular weight is 512 g/mol. The number of guanidine groups is 1. The Balaban J connectivity index is 3.10. The van der Waals surface area contributed by atoms with Gasteiger partial charge in [-0.1, -0.05) is 13.8 Å². The number of aliphatic imine (C=N–C) groups is 1. The summed E-state index contributed by atoms with van der Waals surface area (Å²) < 4.78 is 0. The molecular formula is C21H37N9O6. The molecule has 15 nitrogen and oxygen atoms in total. The van der Waals surface area contributed by atoms with Gasteiger partial charge < -0.3 is 48.3 Å². The summed E-state index contributed by atoms with van der Waals surface area (Å²) in [6, 6.07) is -4.81. The van der Waals surface area contributed by atoms with Crippen molar-refractivity contribution in [1.29, 1.82) is 0 Å². The largest absolute Gasteiger partial charge is 0.480 e. The molecule has 12 N–H and O–H groups in total. The van der Waals surface area contributed by atoms with Gasteiger partial charge in [0.15, 0.2) is 12.0 Å². The van der Waals surface area contributed by atoms with E-state index in [0.29, 0.717) is 5.69 Å². The van der Waals surface area contributed by atoms with Gasteiger partial charge in [-0.2, -0.15) is 0 Å². The summed E-state index contributed by atoms with van der Waals surface area (Å²) in [6.45, 7) is 4.87. The van der Waals surface area contributed by atoms with Crippen molar-refractivity contribution in [3.63, 3.8) is 0 Å². The molecule has 1 heterocycles. The van der Waals surface area contributed by atoms with E-state index in [1.165, 1.54) is 19.4 Å². The number of nitrogens with two attached hydrogens (primary N) is 3. The summed E-state index contributed by atoms with van der Waals surface area (Å²) >= 11 is 0. The summed E-state index contributed by atoms with van der Waals surface area (Å²) in [6.07, 6.45) is 1.82. The highest BCUT2D eigenvalue weighted by Gasteiger charge is 2.32. The van der Waals surface area contributed by atoms with Gasteiger partial charge in [-0.15, -0.1) is 0 Å². The van der Waals surface area contributed by atoms with Crippen molar-refractivity contribution >= 4 is 29.7 Å². The molecule has 5 atom stereocenters. The number of amides is 3. The Bertz CT molecular complexity index is 900. The van der Waals surface area contributed by atoms with E-state index in [1.807, 2.05) is 0 Å². The van der Waals surface area contributed by atoms with Gasteiger partial charge >= 0.3 is 5.97 Å². The molecule has 0 aliphatic heterocycles. The van der Waals surface area contributed by atoms with Gasteiger partial charge in [-0.25, -0.2) is 9.78 Å². The normalized spacial score (nSPS) is 15.2. The summed E-state index contributed by atoms with van der Waals surface area (Å²) in [5.74, 6) is -3.90. The summed E-state index contributed by atoms with van der Waals surface area (Å²) in [7, 11) is 0. The van der Waals surface area contributed by atoms with E-state index < -0.39 is 54.0 Å². The summed E-state index contributed by atoms with van der Waals surface area (Å²) in [5, 5.41) is 26.3. The van der Waals surface area contributed by atoms with Crippen LogP contribution in [-0.2, 0) is 25.6 Å². The maximum Gasteiger partial charge on any atom is 0.328 e. The molecule has 1 aromatic rings. The SMILES string of the molecule is CC(C)C(N)C(=O)NC(Cc1cnc[nH]1)C(=O)NC(CCCN=C(N)N)C(=O)NC(C(=O)O)C(C)O. The number of carbonyl (C=O) groups is 4. The standard InChI is InChI=1S/C21H37N9O6/c1-10(2)15(22)19(34)29-14(7-12-8-25-9-27-12)18(33)28-13(5-4-6-26-21(23)24)17(32)30-16(11(3)31)20(35)36/h8-11,13-16,31H,4-7,22H2,1-3H3,(H,25,27)(H,28,33)(H,29,34)(H,30,32)(H,35,36)(H4,23,24,26). The lowest BCUT2D eigenvalue weighted by Gasteiger charge is -2.26. The predicted octanol–water partition coefficient (Wildman–Crippen LogP) is -3.09. The Labute approximate surface area is 208 Å². The fourth-order valence-corrected chi connectivity index (χ4v) is 3.08. The zero-order valence-electron chi connectivity index (χ0n) is 20.6. The number of carboxylic acids is 1. The Morgan fingerprint density at radius 1 is 1.06 bits per heavy atom. The van der Waals surface area contributed by atoms with E-state index in [-0.39, 0.29) is 37.7 Å². The van der Waals surface area contributed by atoms with Gasteiger partial charge in [0.05, 0.1) is 18.5 Å². The van der Waals surface area contributed by atoms with Crippen molar-refractivity contribution in [2.45, 2.75) is 70.3 Å². The molecule has 5 unspecified atom stereocenters. The van der Waals surface area contributed by atoms with E-state index in [1.54, 1.807) is 13.8 Å². The van der Waals surface area contributed by atoms with Crippen LogP contribution in [0.1, 0.15) is 39.3 Å². The van der Waals surface area contributed by atoms with E-state index in [9.17, 15) is 29.4 Å². The van der Waals surface area contributed by atoms with E-state index in [2.05, 4.69) is 30.9 Å². The number of aliphatic hydroxyl groups is 1. The van der Waals surface area contributed by atoms with Gasteiger partial charge in [0.1, 0.15) is 12.1 Å². The van der Waals surface area contributed by atoms with Gasteiger partial charge in [-0.3, -0.25) is 19.4 Å². The number of aliphatic carboxylic acids is 1.